The van der Waals surface area contributed by atoms with E-state index in [0.717, 1.165) is 31.5 Å². The summed E-state index contributed by atoms with van der Waals surface area (Å²) in [7, 11) is 0. The molecule has 2 rings (SSSR count). The van der Waals surface area contributed by atoms with Crippen LogP contribution in [0.4, 0.5) is 5.69 Å². The molecule has 0 spiro atoms. The molecule has 1 aliphatic rings. The Morgan fingerprint density at radius 3 is 3.00 bits per heavy atom. The van der Waals surface area contributed by atoms with Crippen LogP contribution in [0.25, 0.3) is 0 Å². The van der Waals surface area contributed by atoms with Gasteiger partial charge in [-0.25, -0.2) is 4.98 Å². The topological polar surface area (TPSA) is 63.2 Å². The molecule has 0 radical (unpaired) electrons. The summed E-state index contributed by atoms with van der Waals surface area (Å²) in [6.45, 7) is 4.30. The molecule has 0 unspecified atom stereocenters. The maximum absolute atomic E-state index is 11.9. The van der Waals surface area contributed by atoms with Crippen molar-refractivity contribution in [2.45, 2.75) is 32.3 Å². The fourth-order valence-corrected chi connectivity index (χ4v) is 2.41. The fraction of sp³-hybridized carbons (Fsp3) is 0.571. The molecule has 0 atom stereocenters. The molecule has 2 N–H and O–H groups in total. The molecule has 0 aromatic carbocycles. The quantitative estimate of drug-likeness (QED) is 0.818. The van der Waals surface area contributed by atoms with E-state index < -0.39 is 0 Å². The molecular weight excluding hydrogens is 278 g/mol. The van der Waals surface area contributed by atoms with Gasteiger partial charge in [0.1, 0.15) is 0 Å². The number of pyridine rings is 1. The van der Waals surface area contributed by atoms with E-state index in [4.69, 9.17) is 16.3 Å². The smallest absolute Gasteiger partial charge is 0.226 e. The molecule has 6 heteroatoms. The molecule has 1 saturated heterocycles. The Morgan fingerprint density at radius 2 is 2.30 bits per heavy atom. The molecule has 110 valence electrons. The first-order valence-electron chi connectivity index (χ1n) is 6.90. The van der Waals surface area contributed by atoms with Gasteiger partial charge < -0.3 is 15.4 Å². The van der Waals surface area contributed by atoms with Gasteiger partial charge in [0.05, 0.1) is 24.8 Å². The number of piperidine rings is 1. The molecular formula is C14H20ClN3O2. The number of halogens is 1. The van der Waals surface area contributed by atoms with Crippen LogP contribution < -0.4 is 10.6 Å². The van der Waals surface area contributed by atoms with E-state index in [2.05, 4.69) is 15.6 Å². The lowest BCUT2D eigenvalue weighted by atomic mass is 10.1. The first-order chi connectivity index (χ1) is 9.66. The van der Waals surface area contributed by atoms with Gasteiger partial charge in [0.15, 0.2) is 5.15 Å². The highest BCUT2D eigenvalue weighted by Crippen LogP contribution is 2.22. The van der Waals surface area contributed by atoms with Crippen LogP contribution in [0.2, 0.25) is 5.15 Å². The Morgan fingerprint density at radius 1 is 1.55 bits per heavy atom. The lowest BCUT2D eigenvalue weighted by Crippen LogP contribution is -2.33. The molecule has 0 bridgehead atoms. The first kappa shape index (κ1) is 15.2. The van der Waals surface area contributed by atoms with Gasteiger partial charge in [-0.1, -0.05) is 11.6 Å². The van der Waals surface area contributed by atoms with Crippen LogP contribution >= 0.6 is 11.6 Å². The number of ether oxygens (including phenoxy) is 1. The zero-order chi connectivity index (χ0) is 14.4. The van der Waals surface area contributed by atoms with Crippen molar-refractivity contribution in [3.63, 3.8) is 0 Å². The molecule has 0 saturated carbocycles. The van der Waals surface area contributed by atoms with Crippen molar-refractivity contribution in [3.05, 3.63) is 23.0 Å². The molecule has 1 fully saturated rings. The number of anilines is 1. The number of carbonyl (C=O) groups excluding carboxylic acids is 1. The van der Waals surface area contributed by atoms with E-state index >= 15 is 0 Å². The van der Waals surface area contributed by atoms with Gasteiger partial charge in [0.2, 0.25) is 5.91 Å². The number of aromatic nitrogens is 1. The van der Waals surface area contributed by atoms with E-state index in [-0.39, 0.29) is 12.0 Å². The fourth-order valence-electron chi connectivity index (χ4n) is 2.16. The van der Waals surface area contributed by atoms with Crippen molar-refractivity contribution in [3.8, 4) is 0 Å². The molecule has 2 heterocycles. The number of nitrogens with zero attached hydrogens (tertiary/aromatic N) is 1. The van der Waals surface area contributed by atoms with E-state index in [1.165, 1.54) is 0 Å². The van der Waals surface area contributed by atoms with Crippen LogP contribution in [0.5, 0.6) is 0 Å². The van der Waals surface area contributed by atoms with Gasteiger partial charge in [-0.2, -0.15) is 0 Å². The second-order valence-corrected chi connectivity index (χ2v) is 5.27. The summed E-state index contributed by atoms with van der Waals surface area (Å²) >= 11 is 5.97. The minimum absolute atomic E-state index is 0.100. The van der Waals surface area contributed by atoms with Crippen molar-refractivity contribution < 1.29 is 9.53 Å². The van der Waals surface area contributed by atoms with E-state index in [1.807, 2.05) is 13.0 Å². The zero-order valence-corrected chi connectivity index (χ0v) is 12.4. The van der Waals surface area contributed by atoms with E-state index in [0.29, 0.717) is 23.9 Å². The molecule has 1 aromatic heterocycles. The number of hydrogen-bond acceptors (Lipinski definition) is 4. The van der Waals surface area contributed by atoms with Gasteiger partial charge >= 0.3 is 0 Å². The average molecular weight is 298 g/mol. The van der Waals surface area contributed by atoms with Crippen LogP contribution in [0.15, 0.2) is 12.3 Å². The summed E-state index contributed by atoms with van der Waals surface area (Å²) in [4.78, 5) is 15.8. The molecule has 5 nitrogen and oxygen atoms in total. The lowest BCUT2D eigenvalue weighted by molar-refractivity contribution is -0.117. The predicted octanol–water partition coefficient (Wildman–Crippen LogP) is 2.14. The highest BCUT2D eigenvalue weighted by molar-refractivity contribution is 6.32. The summed E-state index contributed by atoms with van der Waals surface area (Å²) < 4.78 is 5.70. The number of aryl methyl sites for hydroxylation is 1. The highest BCUT2D eigenvalue weighted by atomic mass is 35.5. The summed E-state index contributed by atoms with van der Waals surface area (Å²) in [6.07, 6.45) is 4.24. The Kier molecular flexibility index (Phi) is 5.76. The van der Waals surface area contributed by atoms with Crippen molar-refractivity contribution in [1.82, 2.24) is 10.3 Å². The van der Waals surface area contributed by atoms with E-state index in [1.54, 1.807) is 6.20 Å². The SMILES string of the molecule is Cc1ccnc(Cl)c1NC(=O)CCOC1CCNCC1. The van der Waals surface area contributed by atoms with Crippen LogP contribution in [0.3, 0.4) is 0 Å². The van der Waals surface area contributed by atoms with Crippen LogP contribution in [0.1, 0.15) is 24.8 Å². The van der Waals surface area contributed by atoms with Gasteiger partial charge in [0.25, 0.3) is 0 Å². The molecule has 1 amide bonds. The number of rotatable bonds is 5. The molecule has 20 heavy (non-hydrogen) atoms. The second kappa shape index (κ2) is 7.57. The number of amides is 1. The second-order valence-electron chi connectivity index (χ2n) is 4.91. The monoisotopic (exact) mass is 297 g/mol. The minimum atomic E-state index is -0.100. The third kappa shape index (κ3) is 4.44. The maximum Gasteiger partial charge on any atom is 0.226 e. The molecule has 0 aliphatic carbocycles. The van der Waals surface area contributed by atoms with Crippen LogP contribution in [-0.2, 0) is 9.53 Å². The van der Waals surface area contributed by atoms with Crippen LogP contribution in [-0.4, -0.2) is 36.7 Å². The normalized spacial score (nSPS) is 16.1. The molecule has 1 aliphatic heterocycles. The Bertz CT molecular complexity index is 441. The van der Waals surface area contributed by atoms with Crippen molar-refractivity contribution >= 4 is 23.2 Å². The third-order valence-corrected chi connectivity index (χ3v) is 3.63. The highest BCUT2D eigenvalue weighted by Gasteiger charge is 2.14. The van der Waals surface area contributed by atoms with Crippen LogP contribution in [0, 0.1) is 6.92 Å². The zero-order valence-electron chi connectivity index (χ0n) is 11.6. The average Bonchev–Trinajstić information content (AvgIpc) is 2.44. The Labute approximate surface area is 124 Å². The molecule has 1 aromatic rings. The van der Waals surface area contributed by atoms with Gasteiger partial charge in [-0.3, -0.25) is 4.79 Å². The number of hydrogen-bond donors (Lipinski definition) is 2. The third-order valence-electron chi connectivity index (χ3n) is 3.35. The largest absolute Gasteiger partial charge is 0.378 e. The summed E-state index contributed by atoms with van der Waals surface area (Å²) in [6, 6.07) is 1.81. The summed E-state index contributed by atoms with van der Waals surface area (Å²) in [5, 5.41) is 6.39. The number of nitrogens with one attached hydrogen (secondary N) is 2. The predicted molar refractivity (Wildman–Crippen MR) is 79.1 cm³/mol. The standard InChI is InChI=1S/C14H20ClN3O2/c1-10-2-8-17-14(15)13(10)18-12(19)5-9-20-11-3-6-16-7-4-11/h2,8,11,16H,3-7,9H2,1H3,(H,18,19). The Balaban J connectivity index is 1.75. The lowest BCUT2D eigenvalue weighted by Gasteiger charge is -2.22. The summed E-state index contributed by atoms with van der Waals surface area (Å²) in [5.74, 6) is -0.100. The summed E-state index contributed by atoms with van der Waals surface area (Å²) in [5.41, 5.74) is 1.48. The first-order valence-corrected chi connectivity index (χ1v) is 7.28. The van der Waals surface area contributed by atoms with Gasteiger partial charge in [0, 0.05) is 6.20 Å². The van der Waals surface area contributed by atoms with Gasteiger partial charge in [-0.15, -0.1) is 0 Å². The van der Waals surface area contributed by atoms with Crippen molar-refractivity contribution in [2.75, 3.05) is 25.0 Å². The number of carbonyl (C=O) groups is 1. The van der Waals surface area contributed by atoms with Gasteiger partial charge in [-0.05, 0) is 44.5 Å². The van der Waals surface area contributed by atoms with Crippen molar-refractivity contribution in [1.29, 1.82) is 0 Å². The Hall–Kier alpha value is -1.17. The van der Waals surface area contributed by atoms with Crippen molar-refractivity contribution in [2.24, 2.45) is 0 Å². The maximum atomic E-state index is 11.9. The minimum Gasteiger partial charge on any atom is -0.378 e. The van der Waals surface area contributed by atoms with E-state index in [9.17, 15) is 4.79 Å².